The maximum Gasteiger partial charge on any atom is 0.231 e. The van der Waals surface area contributed by atoms with Crippen molar-refractivity contribution in [3.8, 4) is 0 Å². The van der Waals surface area contributed by atoms with Gasteiger partial charge in [-0.05, 0) is 37.1 Å². The minimum absolute atomic E-state index is 0.0204. The molecule has 3 atom stereocenters. The summed E-state index contributed by atoms with van der Waals surface area (Å²) in [6.07, 6.45) is 1.63. The van der Waals surface area contributed by atoms with E-state index in [0.29, 0.717) is 44.7 Å². The number of likely N-dealkylation sites (N-methyl/N-ethyl adjacent to an activating group) is 1. The largest absolute Gasteiger partial charge is 0.387 e. The lowest BCUT2D eigenvalue weighted by Gasteiger charge is -2.39. The number of amides is 1. The molecule has 0 radical (unpaired) electrons. The lowest BCUT2D eigenvalue weighted by atomic mass is 9.95. The molecule has 1 aromatic carbocycles. The second kappa shape index (κ2) is 10.6. The Labute approximate surface area is 216 Å². The SMILES string of the molecule is C[C@@H]1C[C@@H](O)c2ncnc(N3CCN(C(=O)[C@H](CN4CCN(C)CC4)c4ccc(Cl)c(F)c4)CC3)c21. The van der Waals surface area contributed by atoms with Gasteiger partial charge in [-0.25, -0.2) is 14.4 Å². The van der Waals surface area contributed by atoms with Crippen LogP contribution in [0.5, 0.6) is 0 Å². The van der Waals surface area contributed by atoms with Gasteiger partial charge in [-0.3, -0.25) is 9.69 Å². The molecular weight excluding hydrogens is 483 g/mol. The van der Waals surface area contributed by atoms with Gasteiger partial charge in [0, 0.05) is 64.5 Å². The first kappa shape index (κ1) is 25.3. The van der Waals surface area contributed by atoms with E-state index in [1.54, 1.807) is 12.1 Å². The highest BCUT2D eigenvalue weighted by Gasteiger charge is 2.35. The number of hydrogen-bond acceptors (Lipinski definition) is 7. The zero-order chi connectivity index (χ0) is 25.4. The first-order valence-electron chi connectivity index (χ1n) is 12.7. The number of carbonyl (C=O) groups excluding carboxylic acids is 1. The maximum atomic E-state index is 14.4. The van der Waals surface area contributed by atoms with Gasteiger partial charge in [0.2, 0.25) is 5.91 Å². The van der Waals surface area contributed by atoms with Crippen LogP contribution < -0.4 is 4.90 Å². The van der Waals surface area contributed by atoms with E-state index in [-0.39, 0.29) is 16.8 Å². The maximum absolute atomic E-state index is 14.4. The number of halogens is 2. The van der Waals surface area contributed by atoms with Crippen LogP contribution in [-0.4, -0.2) is 102 Å². The Bertz CT molecular complexity index is 1100. The van der Waals surface area contributed by atoms with Crippen molar-refractivity contribution in [1.82, 2.24) is 24.7 Å². The van der Waals surface area contributed by atoms with Crippen molar-refractivity contribution in [3.05, 3.63) is 52.2 Å². The van der Waals surface area contributed by atoms with E-state index in [9.17, 15) is 14.3 Å². The van der Waals surface area contributed by atoms with Crippen molar-refractivity contribution >= 4 is 23.3 Å². The van der Waals surface area contributed by atoms with Gasteiger partial charge >= 0.3 is 0 Å². The van der Waals surface area contributed by atoms with Crippen LogP contribution in [0, 0.1) is 5.82 Å². The Morgan fingerprint density at radius 2 is 1.86 bits per heavy atom. The van der Waals surface area contributed by atoms with Crippen molar-refractivity contribution in [3.63, 3.8) is 0 Å². The van der Waals surface area contributed by atoms with Crippen LogP contribution in [0.2, 0.25) is 5.02 Å². The van der Waals surface area contributed by atoms with Crippen LogP contribution in [0.15, 0.2) is 24.5 Å². The van der Waals surface area contributed by atoms with E-state index in [4.69, 9.17) is 11.6 Å². The van der Waals surface area contributed by atoms with E-state index < -0.39 is 17.8 Å². The number of nitrogens with zero attached hydrogens (tertiary/aromatic N) is 6. The molecule has 1 aromatic heterocycles. The number of rotatable bonds is 5. The molecule has 8 nitrogen and oxygen atoms in total. The third kappa shape index (κ3) is 5.07. The number of fused-ring (bicyclic) bond motifs is 1. The molecule has 2 aliphatic heterocycles. The molecule has 3 aliphatic rings. The molecule has 194 valence electrons. The minimum Gasteiger partial charge on any atom is -0.387 e. The molecule has 1 amide bonds. The van der Waals surface area contributed by atoms with E-state index in [1.165, 1.54) is 12.4 Å². The molecule has 10 heteroatoms. The number of hydrogen-bond donors (Lipinski definition) is 1. The summed E-state index contributed by atoms with van der Waals surface area (Å²) in [6, 6.07) is 4.73. The fraction of sp³-hybridized carbons (Fsp3) is 0.577. The summed E-state index contributed by atoms with van der Waals surface area (Å²) < 4.78 is 14.4. The molecule has 0 bridgehead atoms. The molecule has 36 heavy (non-hydrogen) atoms. The van der Waals surface area contributed by atoms with E-state index in [2.05, 4.69) is 38.6 Å². The third-order valence-electron chi connectivity index (χ3n) is 7.85. The van der Waals surface area contributed by atoms with Crippen LogP contribution in [0.25, 0.3) is 0 Å². The summed E-state index contributed by atoms with van der Waals surface area (Å²) in [6.45, 7) is 8.73. The normalized spacial score (nSPS) is 24.1. The molecule has 2 aromatic rings. The highest BCUT2D eigenvalue weighted by atomic mass is 35.5. The van der Waals surface area contributed by atoms with Gasteiger partial charge in [0.1, 0.15) is 18.0 Å². The Balaban J connectivity index is 1.31. The van der Waals surface area contributed by atoms with Crippen LogP contribution in [0.1, 0.15) is 48.1 Å². The average Bonchev–Trinajstić information content (AvgIpc) is 3.18. The van der Waals surface area contributed by atoms with Crippen molar-refractivity contribution in [2.75, 3.05) is 70.9 Å². The van der Waals surface area contributed by atoms with Crippen LogP contribution in [-0.2, 0) is 4.79 Å². The molecule has 3 heterocycles. The number of benzene rings is 1. The molecule has 0 unspecified atom stereocenters. The number of carbonyl (C=O) groups is 1. The lowest BCUT2D eigenvalue weighted by molar-refractivity contribution is -0.133. The predicted molar refractivity (Wildman–Crippen MR) is 137 cm³/mol. The van der Waals surface area contributed by atoms with Crippen LogP contribution in [0.4, 0.5) is 10.2 Å². The molecule has 1 N–H and O–H groups in total. The number of aliphatic hydroxyl groups excluding tert-OH is 1. The summed E-state index contributed by atoms with van der Waals surface area (Å²) in [5, 5.41) is 10.4. The van der Waals surface area contributed by atoms with Crippen molar-refractivity contribution < 1.29 is 14.3 Å². The van der Waals surface area contributed by atoms with Gasteiger partial charge in [0.25, 0.3) is 0 Å². The average molecular weight is 517 g/mol. The first-order valence-corrected chi connectivity index (χ1v) is 13.1. The Hall–Kier alpha value is -2.33. The second-order valence-corrected chi connectivity index (χ2v) is 10.7. The van der Waals surface area contributed by atoms with E-state index in [0.717, 1.165) is 43.3 Å². The van der Waals surface area contributed by atoms with Crippen molar-refractivity contribution in [1.29, 1.82) is 0 Å². The minimum atomic E-state index is -0.547. The lowest BCUT2D eigenvalue weighted by Crippen LogP contribution is -2.52. The van der Waals surface area contributed by atoms with Gasteiger partial charge in [-0.15, -0.1) is 0 Å². The summed E-state index contributed by atoms with van der Waals surface area (Å²) >= 11 is 5.94. The Morgan fingerprint density at radius 1 is 1.14 bits per heavy atom. The quantitative estimate of drug-likeness (QED) is 0.654. The van der Waals surface area contributed by atoms with Crippen molar-refractivity contribution in [2.24, 2.45) is 0 Å². The number of anilines is 1. The number of piperazine rings is 2. The van der Waals surface area contributed by atoms with E-state index in [1.807, 2.05) is 4.90 Å². The number of aliphatic hydroxyl groups is 1. The van der Waals surface area contributed by atoms with Gasteiger partial charge in [-0.1, -0.05) is 24.6 Å². The second-order valence-electron chi connectivity index (χ2n) is 10.3. The smallest absolute Gasteiger partial charge is 0.231 e. The Kier molecular flexibility index (Phi) is 7.44. The summed E-state index contributed by atoms with van der Waals surface area (Å²) in [5.74, 6) is 0.129. The first-order chi connectivity index (χ1) is 17.3. The van der Waals surface area contributed by atoms with Crippen molar-refractivity contribution in [2.45, 2.75) is 31.3 Å². The fourth-order valence-electron chi connectivity index (χ4n) is 5.66. The Morgan fingerprint density at radius 3 is 2.56 bits per heavy atom. The van der Waals surface area contributed by atoms with Gasteiger partial charge in [0.05, 0.1) is 22.7 Å². The third-order valence-corrected chi connectivity index (χ3v) is 8.16. The molecule has 0 saturated carbocycles. The summed E-state index contributed by atoms with van der Waals surface area (Å²) in [5.41, 5.74) is 2.41. The summed E-state index contributed by atoms with van der Waals surface area (Å²) in [7, 11) is 2.10. The standard InChI is InChI=1S/C26H34ClFN6O2/c1-17-13-22(35)24-23(17)25(30-16-29-24)33-9-11-34(12-10-33)26(36)19(15-32-7-5-31(2)6-8-32)18-3-4-20(27)21(28)14-18/h3-4,14,16-17,19,22,35H,5-13,15H2,1-2H3/t17-,19-,22-/m1/s1. The molecular formula is C26H34ClFN6O2. The molecule has 2 saturated heterocycles. The topological polar surface area (TPSA) is 76.0 Å². The van der Waals surface area contributed by atoms with Gasteiger partial charge < -0.3 is 19.8 Å². The fourth-order valence-corrected chi connectivity index (χ4v) is 5.77. The highest BCUT2D eigenvalue weighted by Crippen LogP contribution is 2.42. The number of aromatic nitrogens is 2. The van der Waals surface area contributed by atoms with Crippen LogP contribution >= 0.6 is 11.6 Å². The molecule has 0 spiro atoms. The highest BCUT2D eigenvalue weighted by molar-refractivity contribution is 6.30. The zero-order valence-corrected chi connectivity index (χ0v) is 21.7. The zero-order valence-electron chi connectivity index (χ0n) is 20.9. The predicted octanol–water partition coefficient (Wildman–Crippen LogP) is 2.49. The monoisotopic (exact) mass is 516 g/mol. The summed E-state index contributed by atoms with van der Waals surface area (Å²) in [4.78, 5) is 31.3. The molecule has 1 aliphatic carbocycles. The van der Waals surface area contributed by atoms with E-state index >= 15 is 0 Å². The molecule has 2 fully saturated rings. The van der Waals surface area contributed by atoms with Gasteiger partial charge in [0.15, 0.2) is 0 Å². The molecule has 5 rings (SSSR count). The van der Waals surface area contributed by atoms with Crippen LogP contribution in [0.3, 0.4) is 0 Å². The van der Waals surface area contributed by atoms with Gasteiger partial charge in [-0.2, -0.15) is 0 Å².